The number of hydrogen-bond acceptors (Lipinski definition) is 5. The average Bonchev–Trinajstić information content (AvgIpc) is 3.22. The predicted molar refractivity (Wildman–Crippen MR) is 98.9 cm³/mol. The molecule has 1 aromatic heterocycles. The molecule has 3 rings (SSSR count). The number of aryl methyl sites for hydroxylation is 2. The minimum Gasteiger partial charge on any atom is -0.346 e. The van der Waals surface area contributed by atoms with Crippen molar-refractivity contribution in [3.8, 4) is 11.8 Å². The first-order valence-electron chi connectivity index (χ1n) is 8.12. The fourth-order valence-corrected chi connectivity index (χ4v) is 3.61. The number of thiazole rings is 1. The van der Waals surface area contributed by atoms with Crippen molar-refractivity contribution in [1.82, 2.24) is 10.3 Å². The number of nitrogens with one attached hydrogen (secondary N) is 1. The number of aromatic nitrogens is 1. The summed E-state index contributed by atoms with van der Waals surface area (Å²) >= 11 is 1.61. The van der Waals surface area contributed by atoms with Crippen LogP contribution in [0.4, 0.5) is 5.13 Å². The summed E-state index contributed by atoms with van der Waals surface area (Å²) in [5.41, 5.74) is 2.40. The Morgan fingerprint density at radius 3 is 2.80 bits per heavy atom. The molecule has 25 heavy (non-hydrogen) atoms. The Balaban J connectivity index is 1.55. The quantitative estimate of drug-likeness (QED) is 0.523. The SMILES string of the molecule is Cc1csc(N2CCC(NC(=O)C#CC(=O)c3ccccc3C)C2)n1. The lowest BCUT2D eigenvalue weighted by Crippen LogP contribution is -2.36. The van der Waals surface area contributed by atoms with Crippen LogP contribution in [0.15, 0.2) is 29.6 Å². The summed E-state index contributed by atoms with van der Waals surface area (Å²) in [5, 5.41) is 5.88. The normalized spacial score (nSPS) is 16.2. The largest absolute Gasteiger partial charge is 0.346 e. The third kappa shape index (κ3) is 4.25. The fourth-order valence-electron chi connectivity index (χ4n) is 2.77. The number of Topliss-reactive ketones (excluding diaryl/α,β-unsaturated/α-hetero) is 1. The van der Waals surface area contributed by atoms with Crippen LogP contribution in [0.1, 0.15) is 28.0 Å². The number of nitrogens with zero attached hydrogens (tertiary/aromatic N) is 2. The minimum atomic E-state index is -0.413. The van der Waals surface area contributed by atoms with Gasteiger partial charge in [0.05, 0.1) is 5.69 Å². The molecule has 1 aliphatic rings. The van der Waals surface area contributed by atoms with Crippen LogP contribution in [-0.2, 0) is 4.79 Å². The summed E-state index contributed by atoms with van der Waals surface area (Å²) in [5.74, 6) is 4.10. The lowest BCUT2D eigenvalue weighted by molar-refractivity contribution is -0.116. The highest BCUT2D eigenvalue weighted by atomic mass is 32.1. The van der Waals surface area contributed by atoms with Crippen molar-refractivity contribution in [3.05, 3.63) is 46.5 Å². The molecule has 1 atom stereocenters. The molecule has 0 aliphatic carbocycles. The van der Waals surface area contributed by atoms with E-state index in [1.165, 1.54) is 0 Å². The maximum Gasteiger partial charge on any atom is 0.296 e. The number of amides is 1. The lowest BCUT2D eigenvalue weighted by atomic mass is 10.1. The Bertz CT molecular complexity index is 863. The second-order valence-corrected chi connectivity index (χ2v) is 6.91. The molecule has 1 unspecified atom stereocenters. The first-order chi connectivity index (χ1) is 12.0. The summed E-state index contributed by atoms with van der Waals surface area (Å²) in [6.07, 6.45) is 0.845. The molecule has 128 valence electrons. The van der Waals surface area contributed by atoms with Crippen molar-refractivity contribution in [3.63, 3.8) is 0 Å². The zero-order valence-corrected chi connectivity index (χ0v) is 15.0. The van der Waals surface area contributed by atoms with Crippen LogP contribution in [0.3, 0.4) is 0 Å². The molecule has 2 heterocycles. The van der Waals surface area contributed by atoms with E-state index < -0.39 is 5.91 Å². The van der Waals surface area contributed by atoms with E-state index in [-0.39, 0.29) is 11.8 Å². The number of hydrogen-bond donors (Lipinski definition) is 1. The van der Waals surface area contributed by atoms with E-state index in [1.54, 1.807) is 23.5 Å². The standard InChI is InChI=1S/C19H19N3O2S/c1-13-5-3-4-6-16(13)17(23)7-8-18(24)21-15-9-10-22(11-15)19-20-14(2)12-25-19/h3-6,12,15H,9-11H2,1-2H3,(H,21,24). The van der Waals surface area contributed by atoms with Gasteiger partial charge in [-0.25, -0.2) is 4.98 Å². The fraction of sp³-hybridized carbons (Fsp3) is 0.316. The van der Waals surface area contributed by atoms with Gasteiger partial charge in [0.1, 0.15) is 0 Å². The van der Waals surface area contributed by atoms with Crippen LogP contribution < -0.4 is 10.2 Å². The molecular weight excluding hydrogens is 334 g/mol. The Hall–Kier alpha value is -2.65. The van der Waals surface area contributed by atoms with E-state index in [1.807, 2.05) is 31.4 Å². The number of carbonyl (C=O) groups is 2. The summed E-state index contributed by atoms with van der Waals surface area (Å²) in [4.78, 5) is 30.7. The van der Waals surface area contributed by atoms with Crippen LogP contribution in [0, 0.1) is 25.7 Å². The first kappa shape index (κ1) is 17.2. The highest BCUT2D eigenvalue weighted by Crippen LogP contribution is 2.24. The molecule has 1 aliphatic heterocycles. The van der Waals surface area contributed by atoms with Crippen LogP contribution in [0.5, 0.6) is 0 Å². The average molecular weight is 353 g/mol. The van der Waals surface area contributed by atoms with Crippen molar-refractivity contribution in [2.24, 2.45) is 0 Å². The predicted octanol–water partition coefficient (Wildman–Crippen LogP) is 2.34. The van der Waals surface area contributed by atoms with Crippen molar-refractivity contribution < 1.29 is 9.59 Å². The van der Waals surface area contributed by atoms with Gasteiger partial charge in [-0.3, -0.25) is 9.59 Å². The Morgan fingerprint density at radius 1 is 1.28 bits per heavy atom. The molecule has 1 aromatic carbocycles. The number of rotatable bonds is 3. The maximum atomic E-state index is 12.1. The molecule has 1 fully saturated rings. The molecule has 0 radical (unpaired) electrons. The topological polar surface area (TPSA) is 62.3 Å². The molecule has 1 saturated heterocycles. The summed E-state index contributed by atoms with van der Waals surface area (Å²) in [6, 6.07) is 7.24. The smallest absolute Gasteiger partial charge is 0.296 e. The van der Waals surface area contributed by atoms with E-state index in [0.717, 1.165) is 29.4 Å². The van der Waals surface area contributed by atoms with Gasteiger partial charge in [-0.15, -0.1) is 11.3 Å². The van der Waals surface area contributed by atoms with Crippen LogP contribution >= 0.6 is 11.3 Å². The molecule has 0 spiro atoms. The zero-order valence-electron chi connectivity index (χ0n) is 14.2. The van der Waals surface area contributed by atoms with Gasteiger partial charge in [-0.1, -0.05) is 24.3 Å². The van der Waals surface area contributed by atoms with Gasteiger partial charge in [-0.2, -0.15) is 0 Å². The summed E-state index contributed by atoms with van der Waals surface area (Å²) in [6.45, 7) is 5.39. The third-order valence-electron chi connectivity index (χ3n) is 4.08. The number of anilines is 1. The van der Waals surface area contributed by atoms with Gasteiger partial charge in [0, 0.05) is 36.0 Å². The van der Waals surface area contributed by atoms with Gasteiger partial charge in [0.2, 0.25) is 5.78 Å². The lowest BCUT2D eigenvalue weighted by Gasteiger charge is -2.14. The highest BCUT2D eigenvalue weighted by Gasteiger charge is 2.25. The second kappa shape index (κ2) is 7.49. The van der Waals surface area contributed by atoms with Crippen LogP contribution in [0.25, 0.3) is 0 Å². The molecule has 6 heteroatoms. The van der Waals surface area contributed by atoms with E-state index in [2.05, 4.69) is 27.0 Å². The monoisotopic (exact) mass is 353 g/mol. The second-order valence-electron chi connectivity index (χ2n) is 6.07. The maximum absolute atomic E-state index is 12.1. The summed E-state index contributed by atoms with van der Waals surface area (Å²) in [7, 11) is 0. The van der Waals surface area contributed by atoms with Crippen molar-refractivity contribution in [2.75, 3.05) is 18.0 Å². The minimum absolute atomic E-state index is 0.0274. The molecule has 2 aromatic rings. The van der Waals surface area contributed by atoms with Gasteiger partial charge < -0.3 is 10.2 Å². The highest BCUT2D eigenvalue weighted by molar-refractivity contribution is 7.13. The van der Waals surface area contributed by atoms with Gasteiger partial charge in [-0.05, 0) is 31.8 Å². The molecular formula is C19H19N3O2S. The van der Waals surface area contributed by atoms with Gasteiger partial charge in [0.25, 0.3) is 5.91 Å². The number of benzene rings is 1. The first-order valence-corrected chi connectivity index (χ1v) is 9.00. The van der Waals surface area contributed by atoms with Gasteiger partial charge >= 0.3 is 0 Å². The van der Waals surface area contributed by atoms with Crippen molar-refractivity contribution >= 4 is 28.2 Å². The van der Waals surface area contributed by atoms with E-state index in [9.17, 15) is 9.59 Å². The van der Waals surface area contributed by atoms with E-state index in [4.69, 9.17) is 0 Å². The van der Waals surface area contributed by atoms with E-state index in [0.29, 0.717) is 12.1 Å². The van der Waals surface area contributed by atoms with E-state index >= 15 is 0 Å². The van der Waals surface area contributed by atoms with Crippen molar-refractivity contribution in [2.45, 2.75) is 26.3 Å². The Morgan fingerprint density at radius 2 is 2.08 bits per heavy atom. The zero-order chi connectivity index (χ0) is 17.8. The Labute approximate surface area is 151 Å². The third-order valence-corrected chi connectivity index (χ3v) is 5.10. The van der Waals surface area contributed by atoms with Crippen LogP contribution in [-0.4, -0.2) is 35.8 Å². The molecule has 0 bridgehead atoms. The van der Waals surface area contributed by atoms with Gasteiger partial charge in [0.15, 0.2) is 5.13 Å². The molecule has 1 N–H and O–H groups in total. The summed E-state index contributed by atoms with van der Waals surface area (Å²) < 4.78 is 0. The molecule has 5 nitrogen and oxygen atoms in total. The molecule has 0 saturated carbocycles. The number of carbonyl (C=O) groups excluding carboxylic acids is 2. The van der Waals surface area contributed by atoms with Crippen LogP contribution in [0.2, 0.25) is 0 Å². The molecule has 1 amide bonds. The van der Waals surface area contributed by atoms with Crippen molar-refractivity contribution in [1.29, 1.82) is 0 Å². The Kier molecular flexibility index (Phi) is 5.15. The number of ketones is 1.